The van der Waals surface area contributed by atoms with E-state index >= 15 is 0 Å². The molecule has 4 nitrogen and oxygen atoms in total. The second-order valence-corrected chi connectivity index (χ2v) is 5.51. The minimum absolute atomic E-state index is 0.0413. The van der Waals surface area contributed by atoms with Crippen LogP contribution in [0.3, 0.4) is 0 Å². The van der Waals surface area contributed by atoms with Crippen molar-refractivity contribution in [1.29, 1.82) is 5.26 Å². The van der Waals surface area contributed by atoms with Gasteiger partial charge in [-0.2, -0.15) is 5.26 Å². The van der Waals surface area contributed by atoms with E-state index in [9.17, 15) is 4.79 Å². The molecule has 0 spiro atoms. The fraction of sp³-hybridized carbons (Fsp3) is 0.222. The van der Waals surface area contributed by atoms with Crippen LogP contribution in [0.2, 0.25) is 0 Å². The standard InChI is InChI=1S/C18H17N3O/c1-13(22)20-9-14-7-16-10-21(12-19)11-18(16)17(8-14)15-5-3-2-4-6-15/h2-8H,9-11H2,1H3,(H,20,22). The number of carbonyl (C=O) groups excluding carboxylic acids is 1. The Bertz CT molecular complexity index is 747. The van der Waals surface area contributed by atoms with Gasteiger partial charge in [-0.3, -0.25) is 4.79 Å². The highest BCUT2D eigenvalue weighted by atomic mass is 16.1. The molecule has 1 aliphatic heterocycles. The van der Waals surface area contributed by atoms with Crippen molar-refractivity contribution in [3.05, 3.63) is 59.2 Å². The molecule has 4 heteroatoms. The molecule has 110 valence electrons. The number of rotatable bonds is 3. The second kappa shape index (κ2) is 5.90. The van der Waals surface area contributed by atoms with Gasteiger partial charge in [0.05, 0.1) is 13.1 Å². The van der Waals surface area contributed by atoms with Crippen LogP contribution in [0.25, 0.3) is 11.1 Å². The van der Waals surface area contributed by atoms with Gasteiger partial charge in [0.2, 0.25) is 5.91 Å². The molecule has 0 atom stereocenters. The lowest BCUT2D eigenvalue weighted by atomic mass is 9.94. The summed E-state index contributed by atoms with van der Waals surface area (Å²) < 4.78 is 0. The van der Waals surface area contributed by atoms with E-state index in [1.165, 1.54) is 18.1 Å². The molecule has 0 aliphatic carbocycles. The molecule has 0 saturated carbocycles. The van der Waals surface area contributed by atoms with E-state index in [1.807, 2.05) is 18.2 Å². The zero-order valence-corrected chi connectivity index (χ0v) is 12.5. The Labute approximate surface area is 130 Å². The van der Waals surface area contributed by atoms with Gasteiger partial charge in [-0.05, 0) is 33.9 Å². The quantitative estimate of drug-likeness (QED) is 0.885. The third-order valence-electron chi connectivity index (χ3n) is 3.88. The largest absolute Gasteiger partial charge is 0.352 e. The summed E-state index contributed by atoms with van der Waals surface area (Å²) in [6.45, 7) is 3.31. The minimum Gasteiger partial charge on any atom is -0.352 e. The highest BCUT2D eigenvalue weighted by Crippen LogP contribution is 2.33. The maximum atomic E-state index is 11.1. The first kappa shape index (κ1) is 14.2. The van der Waals surface area contributed by atoms with Crippen molar-refractivity contribution in [2.45, 2.75) is 26.6 Å². The predicted octanol–water partition coefficient (Wildman–Crippen LogP) is 2.79. The van der Waals surface area contributed by atoms with Crippen LogP contribution in [0.15, 0.2) is 42.5 Å². The number of nitriles is 1. The zero-order chi connectivity index (χ0) is 15.5. The van der Waals surface area contributed by atoms with E-state index in [0.717, 1.165) is 16.7 Å². The lowest BCUT2D eigenvalue weighted by molar-refractivity contribution is -0.119. The molecule has 0 saturated heterocycles. The fourth-order valence-electron chi connectivity index (χ4n) is 2.85. The van der Waals surface area contributed by atoms with E-state index in [0.29, 0.717) is 19.6 Å². The molecular weight excluding hydrogens is 274 g/mol. The highest BCUT2D eigenvalue weighted by molar-refractivity contribution is 5.73. The minimum atomic E-state index is -0.0413. The van der Waals surface area contributed by atoms with E-state index in [2.05, 4.69) is 35.8 Å². The first-order valence-corrected chi connectivity index (χ1v) is 7.26. The van der Waals surface area contributed by atoms with Crippen molar-refractivity contribution >= 4 is 5.91 Å². The summed E-state index contributed by atoms with van der Waals surface area (Å²) in [6.07, 6.45) is 2.22. The smallest absolute Gasteiger partial charge is 0.217 e. The number of nitrogens with zero attached hydrogens (tertiary/aromatic N) is 2. The molecule has 0 bridgehead atoms. The Balaban J connectivity index is 2.04. The summed E-state index contributed by atoms with van der Waals surface area (Å²) in [5.74, 6) is -0.0413. The first-order chi connectivity index (χ1) is 10.7. The van der Waals surface area contributed by atoms with Crippen molar-refractivity contribution in [3.63, 3.8) is 0 Å². The Morgan fingerprint density at radius 3 is 2.73 bits per heavy atom. The van der Waals surface area contributed by atoms with Crippen LogP contribution >= 0.6 is 0 Å². The Hall–Kier alpha value is -2.80. The van der Waals surface area contributed by atoms with Gasteiger partial charge in [-0.15, -0.1) is 0 Å². The lowest BCUT2D eigenvalue weighted by Crippen LogP contribution is -2.19. The summed E-state index contributed by atoms with van der Waals surface area (Å²) in [5.41, 5.74) is 5.73. The van der Waals surface area contributed by atoms with Crippen LogP contribution in [-0.4, -0.2) is 10.8 Å². The highest BCUT2D eigenvalue weighted by Gasteiger charge is 2.22. The van der Waals surface area contributed by atoms with Crippen LogP contribution in [0, 0.1) is 11.5 Å². The van der Waals surface area contributed by atoms with E-state index in [4.69, 9.17) is 5.26 Å². The van der Waals surface area contributed by atoms with Gasteiger partial charge < -0.3 is 10.2 Å². The summed E-state index contributed by atoms with van der Waals surface area (Å²) in [5, 5.41) is 12.0. The molecule has 1 heterocycles. The molecule has 0 radical (unpaired) electrons. The maximum absolute atomic E-state index is 11.1. The van der Waals surface area contributed by atoms with Crippen molar-refractivity contribution < 1.29 is 4.79 Å². The van der Waals surface area contributed by atoms with E-state index in [1.54, 1.807) is 4.90 Å². The third-order valence-corrected chi connectivity index (χ3v) is 3.88. The van der Waals surface area contributed by atoms with Crippen LogP contribution in [0.1, 0.15) is 23.6 Å². The average molecular weight is 291 g/mol. The number of nitrogens with one attached hydrogen (secondary N) is 1. The lowest BCUT2D eigenvalue weighted by Gasteiger charge is -2.12. The summed E-state index contributed by atoms with van der Waals surface area (Å²) in [4.78, 5) is 12.9. The van der Waals surface area contributed by atoms with Gasteiger partial charge in [-0.25, -0.2) is 0 Å². The van der Waals surface area contributed by atoms with Crippen molar-refractivity contribution in [1.82, 2.24) is 10.2 Å². The van der Waals surface area contributed by atoms with E-state index < -0.39 is 0 Å². The van der Waals surface area contributed by atoms with Gasteiger partial charge in [0, 0.05) is 13.5 Å². The Kier molecular flexibility index (Phi) is 3.80. The molecule has 0 fully saturated rings. The van der Waals surface area contributed by atoms with Crippen LogP contribution in [0.4, 0.5) is 0 Å². The van der Waals surface area contributed by atoms with Crippen LogP contribution in [-0.2, 0) is 24.4 Å². The monoisotopic (exact) mass is 291 g/mol. The Morgan fingerprint density at radius 1 is 1.27 bits per heavy atom. The summed E-state index contributed by atoms with van der Waals surface area (Å²) in [7, 11) is 0. The van der Waals surface area contributed by atoms with Crippen molar-refractivity contribution in [2.75, 3.05) is 0 Å². The summed E-state index contributed by atoms with van der Waals surface area (Å²) in [6, 6.07) is 14.4. The molecule has 1 aliphatic rings. The van der Waals surface area contributed by atoms with Crippen LogP contribution in [0.5, 0.6) is 0 Å². The third kappa shape index (κ3) is 2.79. The topological polar surface area (TPSA) is 56.1 Å². The molecule has 0 unspecified atom stereocenters. The number of hydrogen-bond donors (Lipinski definition) is 1. The van der Waals surface area contributed by atoms with Crippen molar-refractivity contribution in [3.8, 4) is 17.3 Å². The summed E-state index contributed by atoms with van der Waals surface area (Å²) >= 11 is 0. The van der Waals surface area contributed by atoms with Crippen molar-refractivity contribution in [2.24, 2.45) is 0 Å². The number of amides is 1. The molecule has 2 aromatic carbocycles. The molecule has 3 rings (SSSR count). The predicted molar refractivity (Wildman–Crippen MR) is 84.3 cm³/mol. The molecule has 1 amide bonds. The normalized spacial score (nSPS) is 12.6. The molecule has 22 heavy (non-hydrogen) atoms. The van der Waals surface area contributed by atoms with Gasteiger partial charge in [-0.1, -0.05) is 36.4 Å². The molecule has 2 aromatic rings. The van der Waals surface area contributed by atoms with Gasteiger partial charge in [0.25, 0.3) is 0 Å². The average Bonchev–Trinajstić information content (AvgIpc) is 2.96. The molecule has 1 N–H and O–H groups in total. The number of hydrogen-bond acceptors (Lipinski definition) is 3. The van der Waals surface area contributed by atoms with Crippen LogP contribution < -0.4 is 5.32 Å². The zero-order valence-electron chi connectivity index (χ0n) is 12.5. The van der Waals surface area contributed by atoms with Gasteiger partial charge in [0.1, 0.15) is 0 Å². The van der Waals surface area contributed by atoms with Gasteiger partial charge in [0.15, 0.2) is 6.19 Å². The number of benzene rings is 2. The SMILES string of the molecule is CC(=O)NCc1cc2c(c(-c3ccccc3)c1)CN(C#N)C2. The van der Waals surface area contributed by atoms with E-state index in [-0.39, 0.29) is 5.91 Å². The second-order valence-electron chi connectivity index (χ2n) is 5.51. The van der Waals surface area contributed by atoms with Gasteiger partial charge >= 0.3 is 0 Å². The fourth-order valence-corrected chi connectivity index (χ4v) is 2.85. The number of carbonyl (C=O) groups is 1. The first-order valence-electron chi connectivity index (χ1n) is 7.26. The molecule has 0 aromatic heterocycles. The Morgan fingerprint density at radius 2 is 2.05 bits per heavy atom. The number of fused-ring (bicyclic) bond motifs is 1. The molecular formula is C18H17N3O. The maximum Gasteiger partial charge on any atom is 0.217 e.